The minimum absolute atomic E-state index is 0.0207. The van der Waals surface area contributed by atoms with Crippen molar-refractivity contribution in [3.63, 3.8) is 0 Å². The number of H-pyrrole nitrogens is 1. The zero-order valence-electron chi connectivity index (χ0n) is 10.5. The van der Waals surface area contributed by atoms with E-state index in [1.165, 1.54) is 10.4 Å². The molecule has 0 aromatic carbocycles. The molecule has 1 aliphatic heterocycles. The zero-order valence-corrected chi connectivity index (χ0v) is 11.3. The molecule has 2 heterocycles. The van der Waals surface area contributed by atoms with Crippen LogP contribution in [0.3, 0.4) is 0 Å². The smallest absolute Gasteiger partial charge is 0.251 e. The molecule has 1 saturated heterocycles. The van der Waals surface area contributed by atoms with Crippen molar-refractivity contribution in [1.29, 1.82) is 0 Å². The summed E-state index contributed by atoms with van der Waals surface area (Å²) in [5.41, 5.74) is 0.499. The Labute approximate surface area is 106 Å². The van der Waals surface area contributed by atoms with E-state index in [1.807, 2.05) is 0 Å². The molecule has 1 N–H and O–H groups in total. The van der Waals surface area contributed by atoms with Gasteiger partial charge < -0.3 is 4.98 Å². The van der Waals surface area contributed by atoms with Crippen molar-refractivity contribution >= 4 is 10.0 Å². The Morgan fingerprint density at radius 1 is 1.56 bits per heavy atom. The van der Waals surface area contributed by atoms with Crippen molar-refractivity contribution < 1.29 is 8.42 Å². The van der Waals surface area contributed by atoms with E-state index in [0.717, 1.165) is 6.42 Å². The molecule has 1 aromatic heterocycles. The summed E-state index contributed by atoms with van der Waals surface area (Å²) in [5.74, 6) is 0.697. The van der Waals surface area contributed by atoms with Gasteiger partial charge in [-0.2, -0.15) is 0 Å². The van der Waals surface area contributed by atoms with E-state index >= 15 is 0 Å². The predicted octanol–water partition coefficient (Wildman–Crippen LogP) is 0.217. The molecule has 2 rings (SSSR count). The third-order valence-electron chi connectivity index (χ3n) is 3.21. The van der Waals surface area contributed by atoms with Gasteiger partial charge in [0.1, 0.15) is 5.82 Å². The summed E-state index contributed by atoms with van der Waals surface area (Å²) in [6.07, 6.45) is 0.717. The maximum Gasteiger partial charge on any atom is 0.251 e. The van der Waals surface area contributed by atoms with Crippen LogP contribution in [-0.2, 0) is 10.0 Å². The number of aromatic nitrogens is 2. The van der Waals surface area contributed by atoms with Crippen molar-refractivity contribution in [2.24, 2.45) is 0 Å². The molecule has 6 nitrogen and oxygen atoms in total. The maximum absolute atomic E-state index is 11.7. The number of aryl methyl sites for hydroxylation is 1. The Kier molecular flexibility index (Phi) is 3.54. The quantitative estimate of drug-likeness (QED) is 0.852. The fourth-order valence-electron chi connectivity index (χ4n) is 2.22. The molecule has 1 aliphatic rings. The van der Waals surface area contributed by atoms with Gasteiger partial charge in [0.05, 0.1) is 11.4 Å². The second-order valence-electron chi connectivity index (χ2n) is 4.50. The summed E-state index contributed by atoms with van der Waals surface area (Å²) < 4.78 is 25.0. The Balaban J connectivity index is 2.21. The lowest BCUT2D eigenvalue weighted by molar-refractivity contribution is 0.473. The van der Waals surface area contributed by atoms with Gasteiger partial charge in [-0.1, -0.05) is 0 Å². The van der Waals surface area contributed by atoms with Crippen LogP contribution in [0.1, 0.15) is 30.8 Å². The Hall–Kier alpha value is -1.21. The highest BCUT2D eigenvalue weighted by Gasteiger charge is 2.31. The first-order valence-corrected chi connectivity index (χ1v) is 7.59. The largest absolute Gasteiger partial charge is 0.311 e. The first-order chi connectivity index (χ1) is 8.42. The molecule has 0 bridgehead atoms. The fraction of sp³-hybridized carbons (Fsp3) is 0.636. The second kappa shape index (κ2) is 4.81. The molecule has 0 aliphatic carbocycles. The van der Waals surface area contributed by atoms with E-state index in [9.17, 15) is 13.2 Å². The predicted molar refractivity (Wildman–Crippen MR) is 68.0 cm³/mol. The summed E-state index contributed by atoms with van der Waals surface area (Å²) in [6, 6.07) is 1.46. The van der Waals surface area contributed by atoms with Crippen molar-refractivity contribution in [1.82, 2.24) is 14.3 Å². The van der Waals surface area contributed by atoms with Gasteiger partial charge in [0.25, 0.3) is 5.56 Å². The van der Waals surface area contributed by atoms with Gasteiger partial charge in [-0.3, -0.25) is 4.79 Å². The molecule has 1 atom stereocenters. The molecule has 0 saturated carbocycles. The van der Waals surface area contributed by atoms with Crippen LogP contribution in [0.2, 0.25) is 0 Å². The Morgan fingerprint density at radius 3 is 2.89 bits per heavy atom. The average molecular weight is 271 g/mol. The van der Waals surface area contributed by atoms with Gasteiger partial charge in [0.15, 0.2) is 0 Å². The third kappa shape index (κ3) is 2.62. The van der Waals surface area contributed by atoms with Crippen LogP contribution in [-0.4, -0.2) is 41.5 Å². The molecular formula is C11H17N3O3S. The fourth-order valence-corrected chi connectivity index (χ4v) is 3.37. The molecule has 18 heavy (non-hydrogen) atoms. The van der Waals surface area contributed by atoms with Crippen LogP contribution in [0.5, 0.6) is 0 Å². The van der Waals surface area contributed by atoms with Gasteiger partial charge in [-0.05, 0) is 20.3 Å². The zero-order chi connectivity index (χ0) is 13.3. The maximum atomic E-state index is 11.7. The summed E-state index contributed by atoms with van der Waals surface area (Å²) in [7, 11) is -3.14. The van der Waals surface area contributed by atoms with Gasteiger partial charge in [0.2, 0.25) is 10.0 Å². The molecule has 7 heteroatoms. The first kappa shape index (κ1) is 13.2. The molecular weight excluding hydrogens is 254 g/mol. The molecule has 0 spiro atoms. The highest BCUT2D eigenvalue weighted by atomic mass is 32.2. The molecule has 0 amide bonds. The monoisotopic (exact) mass is 271 g/mol. The summed E-state index contributed by atoms with van der Waals surface area (Å²) >= 11 is 0. The van der Waals surface area contributed by atoms with Gasteiger partial charge >= 0.3 is 0 Å². The highest BCUT2D eigenvalue weighted by molar-refractivity contribution is 7.89. The van der Waals surface area contributed by atoms with Crippen LogP contribution in [0.4, 0.5) is 0 Å². The van der Waals surface area contributed by atoms with Gasteiger partial charge in [0, 0.05) is 25.1 Å². The van der Waals surface area contributed by atoms with Crippen molar-refractivity contribution in [2.75, 3.05) is 18.8 Å². The van der Waals surface area contributed by atoms with Crippen molar-refractivity contribution in [3.8, 4) is 0 Å². The number of nitrogens with one attached hydrogen (secondary N) is 1. The minimum Gasteiger partial charge on any atom is -0.311 e. The van der Waals surface area contributed by atoms with E-state index in [0.29, 0.717) is 24.6 Å². The Morgan fingerprint density at radius 2 is 2.28 bits per heavy atom. The lowest BCUT2D eigenvalue weighted by atomic mass is 10.1. The Bertz CT molecular complexity index is 594. The average Bonchev–Trinajstić information content (AvgIpc) is 2.77. The van der Waals surface area contributed by atoms with Crippen LogP contribution >= 0.6 is 0 Å². The molecule has 1 unspecified atom stereocenters. The van der Waals surface area contributed by atoms with Gasteiger partial charge in [-0.25, -0.2) is 17.7 Å². The third-order valence-corrected chi connectivity index (χ3v) is 5.06. The van der Waals surface area contributed by atoms with Crippen LogP contribution < -0.4 is 5.56 Å². The summed E-state index contributed by atoms with van der Waals surface area (Å²) in [6.45, 7) is 4.29. The normalized spacial score (nSPS) is 21.3. The SMILES string of the molecule is CCS(=O)(=O)N1CCC(c2cc(=O)[nH]c(C)n2)C1. The van der Waals surface area contributed by atoms with Crippen LogP contribution in [0.15, 0.2) is 10.9 Å². The molecule has 1 aromatic rings. The number of hydrogen-bond donors (Lipinski definition) is 1. The van der Waals surface area contributed by atoms with Crippen LogP contribution in [0.25, 0.3) is 0 Å². The first-order valence-electron chi connectivity index (χ1n) is 5.98. The van der Waals surface area contributed by atoms with E-state index in [4.69, 9.17) is 0 Å². The second-order valence-corrected chi connectivity index (χ2v) is 6.76. The van der Waals surface area contributed by atoms with E-state index in [1.54, 1.807) is 13.8 Å². The number of nitrogens with zero attached hydrogens (tertiary/aromatic N) is 2. The number of hydrogen-bond acceptors (Lipinski definition) is 4. The minimum atomic E-state index is -3.14. The topological polar surface area (TPSA) is 83.1 Å². The van der Waals surface area contributed by atoms with Crippen molar-refractivity contribution in [2.45, 2.75) is 26.2 Å². The molecule has 1 fully saturated rings. The molecule has 0 radical (unpaired) electrons. The number of rotatable bonds is 3. The van der Waals surface area contributed by atoms with E-state index in [2.05, 4.69) is 9.97 Å². The molecule has 100 valence electrons. The van der Waals surface area contributed by atoms with Gasteiger partial charge in [-0.15, -0.1) is 0 Å². The van der Waals surface area contributed by atoms with E-state index < -0.39 is 10.0 Å². The highest BCUT2D eigenvalue weighted by Crippen LogP contribution is 2.27. The standard InChI is InChI=1S/C11H17N3O3S/c1-3-18(16,17)14-5-4-9(7-14)10-6-11(15)13-8(2)12-10/h6,9H,3-5,7H2,1-2H3,(H,12,13,15). The van der Waals surface area contributed by atoms with Crippen molar-refractivity contribution in [3.05, 3.63) is 27.9 Å². The van der Waals surface area contributed by atoms with E-state index in [-0.39, 0.29) is 17.2 Å². The summed E-state index contributed by atoms with van der Waals surface area (Å²) in [4.78, 5) is 18.2. The number of aromatic amines is 1. The lowest BCUT2D eigenvalue weighted by Crippen LogP contribution is -2.30. The lowest BCUT2D eigenvalue weighted by Gasteiger charge is -2.15. The van der Waals surface area contributed by atoms with Crippen LogP contribution in [0, 0.1) is 6.92 Å². The number of sulfonamides is 1. The summed E-state index contributed by atoms with van der Waals surface area (Å²) in [5, 5.41) is 0.